The number of allylic oxidation sites excluding steroid dienone is 1. The first kappa shape index (κ1) is 19.6. The molecule has 0 aliphatic heterocycles. The number of furan rings is 1. The van der Waals surface area contributed by atoms with Gasteiger partial charge in [-0.05, 0) is 59.6 Å². The molecule has 138 valence electrons. The SMILES string of the molecule is CC(=CC(=O)NCc1ccco1)NNC(=O)COc1ccc(C)cc1Br. The average molecular weight is 422 g/mol. The second kappa shape index (κ2) is 9.67. The molecule has 1 aromatic carbocycles. The fourth-order valence-electron chi connectivity index (χ4n) is 1.94. The van der Waals surface area contributed by atoms with Crippen molar-refractivity contribution in [1.29, 1.82) is 0 Å². The van der Waals surface area contributed by atoms with E-state index >= 15 is 0 Å². The van der Waals surface area contributed by atoms with Crippen LogP contribution in [0, 0.1) is 6.92 Å². The number of hydrogen-bond donors (Lipinski definition) is 3. The molecule has 8 heteroatoms. The van der Waals surface area contributed by atoms with Gasteiger partial charge in [-0.25, -0.2) is 0 Å². The molecule has 2 aromatic rings. The van der Waals surface area contributed by atoms with E-state index in [9.17, 15) is 9.59 Å². The fourth-order valence-corrected chi connectivity index (χ4v) is 2.55. The molecule has 0 fully saturated rings. The lowest BCUT2D eigenvalue weighted by Gasteiger charge is -2.11. The number of carbonyl (C=O) groups excluding carboxylic acids is 2. The summed E-state index contributed by atoms with van der Waals surface area (Å²) in [4.78, 5) is 23.6. The largest absolute Gasteiger partial charge is 0.483 e. The number of carbonyl (C=O) groups is 2. The normalized spacial score (nSPS) is 11.0. The van der Waals surface area contributed by atoms with Gasteiger partial charge in [0, 0.05) is 11.8 Å². The van der Waals surface area contributed by atoms with Gasteiger partial charge in [0.05, 0.1) is 17.3 Å². The summed E-state index contributed by atoms with van der Waals surface area (Å²) in [7, 11) is 0. The molecule has 0 saturated carbocycles. The maximum absolute atomic E-state index is 11.8. The van der Waals surface area contributed by atoms with Crippen LogP contribution < -0.4 is 20.9 Å². The van der Waals surface area contributed by atoms with E-state index in [1.807, 2.05) is 19.1 Å². The van der Waals surface area contributed by atoms with Crippen LogP contribution in [0.2, 0.25) is 0 Å². The summed E-state index contributed by atoms with van der Waals surface area (Å²) in [6.45, 7) is 3.75. The van der Waals surface area contributed by atoms with Crippen LogP contribution in [0.5, 0.6) is 5.75 Å². The molecule has 0 aliphatic carbocycles. The van der Waals surface area contributed by atoms with Crippen LogP contribution in [-0.4, -0.2) is 18.4 Å². The van der Waals surface area contributed by atoms with E-state index in [0.29, 0.717) is 23.8 Å². The molecule has 7 nitrogen and oxygen atoms in total. The molecule has 0 radical (unpaired) electrons. The molecule has 0 unspecified atom stereocenters. The first-order chi connectivity index (χ1) is 12.4. The summed E-state index contributed by atoms with van der Waals surface area (Å²) in [5.74, 6) is 0.558. The Morgan fingerprint density at radius 1 is 1.27 bits per heavy atom. The van der Waals surface area contributed by atoms with Gasteiger partial charge in [0.2, 0.25) is 5.91 Å². The average Bonchev–Trinajstić information content (AvgIpc) is 3.11. The monoisotopic (exact) mass is 421 g/mol. The highest BCUT2D eigenvalue weighted by atomic mass is 79.9. The minimum Gasteiger partial charge on any atom is -0.483 e. The smallest absolute Gasteiger partial charge is 0.276 e. The van der Waals surface area contributed by atoms with E-state index in [4.69, 9.17) is 9.15 Å². The molecule has 0 saturated heterocycles. The molecule has 0 spiro atoms. The van der Waals surface area contributed by atoms with Crippen LogP contribution in [0.4, 0.5) is 0 Å². The molecule has 0 aliphatic rings. The number of ether oxygens (including phenoxy) is 1. The summed E-state index contributed by atoms with van der Waals surface area (Å²) >= 11 is 3.38. The molecule has 2 rings (SSSR count). The number of aryl methyl sites for hydroxylation is 1. The van der Waals surface area contributed by atoms with E-state index < -0.39 is 0 Å². The minimum absolute atomic E-state index is 0.160. The molecular formula is C18H20BrN3O4. The standard InChI is InChI=1S/C18H20BrN3O4/c1-12-5-6-16(15(19)8-12)26-11-18(24)22-21-13(2)9-17(23)20-10-14-4-3-7-25-14/h3-9,21H,10-11H2,1-2H3,(H,20,23)(H,22,24). The van der Waals surface area contributed by atoms with Crippen molar-refractivity contribution in [1.82, 2.24) is 16.2 Å². The Hall–Kier alpha value is -2.74. The zero-order chi connectivity index (χ0) is 18.9. The summed E-state index contributed by atoms with van der Waals surface area (Å²) < 4.78 is 11.3. The highest BCUT2D eigenvalue weighted by Crippen LogP contribution is 2.25. The van der Waals surface area contributed by atoms with Gasteiger partial charge < -0.3 is 19.9 Å². The Balaban J connectivity index is 1.70. The predicted molar refractivity (Wildman–Crippen MR) is 100.0 cm³/mol. The van der Waals surface area contributed by atoms with Crippen molar-refractivity contribution in [3.63, 3.8) is 0 Å². The van der Waals surface area contributed by atoms with Crippen LogP contribution in [0.15, 0.2) is 57.3 Å². The topological polar surface area (TPSA) is 92.6 Å². The number of nitrogens with one attached hydrogen (secondary N) is 3. The third-order valence-corrected chi connectivity index (χ3v) is 3.83. The highest BCUT2D eigenvalue weighted by Gasteiger charge is 2.06. The number of benzene rings is 1. The van der Waals surface area contributed by atoms with Crippen molar-refractivity contribution in [2.45, 2.75) is 20.4 Å². The van der Waals surface area contributed by atoms with E-state index in [1.54, 1.807) is 25.1 Å². The molecule has 26 heavy (non-hydrogen) atoms. The van der Waals surface area contributed by atoms with Gasteiger partial charge in [0.25, 0.3) is 5.91 Å². The predicted octanol–water partition coefficient (Wildman–Crippen LogP) is 2.57. The lowest BCUT2D eigenvalue weighted by molar-refractivity contribution is -0.124. The third kappa shape index (κ3) is 6.64. The first-order valence-electron chi connectivity index (χ1n) is 7.86. The van der Waals surface area contributed by atoms with Crippen molar-refractivity contribution in [3.05, 3.63) is 64.2 Å². The summed E-state index contributed by atoms with van der Waals surface area (Å²) in [6.07, 6.45) is 2.87. The van der Waals surface area contributed by atoms with Crippen molar-refractivity contribution in [2.75, 3.05) is 6.61 Å². The van der Waals surface area contributed by atoms with Gasteiger partial charge >= 0.3 is 0 Å². The van der Waals surface area contributed by atoms with Gasteiger partial charge in [-0.2, -0.15) is 0 Å². The van der Waals surface area contributed by atoms with E-state index in [-0.39, 0.29) is 18.4 Å². The Kier molecular flexibility index (Phi) is 7.28. The number of halogens is 1. The second-order valence-corrected chi connectivity index (χ2v) is 6.37. The molecule has 1 aromatic heterocycles. The van der Waals surface area contributed by atoms with Crippen LogP contribution in [0.3, 0.4) is 0 Å². The minimum atomic E-state index is -0.374. The zero-order valence-corrected chi connectivity index (χ0v) is 16.1. The van der Waals surface area contributed by atoms with E-state index in [1.165, 1.54) is 12.3 Å². The fraction of sp³-hybridized carbons (Fsp3) is 0.222. The third-order valence-electron chi connectivity index (χ3n) is 3.21. The first-order valence-corrected chi connectivity index (χ1v) is 8.65. The lowest BCUT2D eigenvalue weighted by atomic mass is 10.2. The Morgan fingerprint density at radius 3 is 2.77 bits per heavy atom. The van der Waals surface area contributed by atoms with Gasteiger partial charge in [-0.15, -0.1) is 0 Å². The van der Waals surface area contributed by atoms with Gasteiger partial charge in [-0.3, -0.25) is 15.0 Å². The molecule has 2 amide bonds. The Morgan fingerprint density at radius 2 is 2.08 bits per heavy atom. The summed E-state index contributed by atoms with van der Waals surface area (Å²) in [5.41, 5.74) is 6.68. The van der Waals surface area contributed by atoms with E-state index in [2.05, 4.69) is 32.1 Å². The van der Waals surface area contributed by atoms with Gasteiger partial charge in [0.1, 0.15) is 11.5 Å². The van der Waals surface area contributed by atoms with Crippen molar-refractivity contribution >= 4 is 27.7 Å². The quantitative estimate of drug-likeness (QED) is 0.449. The van der Waals surface area contributed by atoms with Crippen LogP contribution >= 0.6 is 15.9 Å². The van der Waals surface area contributed by atoms with Crippen LogP contribution in [0.1, 0.15) is 18.2 Å². The Labute approximate surface area is 159 Å². The van der Waals surface area contributed by atoms with Crippen molar-refractivity contribution in [2.24, 2.45) is 0 Å². The van der Waals surface area contributed by atoms with Crippen molar-refractivity contribution in [3.8, 4) is 5.75 Å². The summed E-state index contributed by atoms with van der Waals surface area (Å²) in [5, 5.41) is 2.67. The molecule has 1 heterocycles. The number of hydrogen-bond acceptors (Lipinski definition) is 5. The highest BCUT2D eigenvalue weighted by molar-refractivity contribution is 9.10. The van der Waals surface area contributed by atoms with Gasteiger partial charge in [-0.1, -0.05) is 6.07 Å². The molecule has 3 N–H and O–H groups in total. The second-order valence-electron chi connectivity index (χ2n) is 5.52. The van der Waals surface area contributed by atoms with Crippen LogP contribution in [0.25, 0.3) is 0 Å². The number of hydrazine groups is 1. The molecule has 0 bridgehead atoms. The van der Waals surface area contributed by atoms with Gasteiger partial charge in [0.15, 0.2) is 6.61 Å². The Bertz CT molecular complexity index is 788. The van der Waals surface area contributed by atoms with E-state index in [0.717, 1.165) is 10.0 Å². The van der Waals surface area contributed by atoms with Crippen LogP contribution in [-0.2, 0) is 16.1 Å². The summed E-state index contributed by atoms with van der Waals surface area (Å²) in [6, 6.07) is 9.09. The number of amides is 2. The number of rotatable bonds is 8. The molecular weight excluding hydrogens is 402 g/mol. The van der Waals surface area contributed by atoms with Crippen molar-refractivity contribution < 1.29 is 18.7 Å². The zero-order valence-electron chi connectivity index (χ0n) is 14.5. The molecule has 0 atom stereocenters. The maximum Gasteiger partial charge on any atom is 0.276 e. The maximum atomic E-state index is 11.8. The lowest BCUT2D eigenvalue weighted by Crippen LogP contribution is -2.39.